The van der Waals surface area contributed by atoms with Crippen LogP contribution in [0.5, 0.6) is 0 Å². The van der Waals surface area contributed by atoms with Crippen molar-refractivity contribution in [3.63, 3.8) is 0 Å². The summed E-state index contributed by atoms with van der Waals surface area (Å²) in [7, 11) is 0. The number of hydrogen-bond donors (Lipinski definition) is 1. The van der Waals surface area contributed by atoms with Gasteiger partial charge in [0.25, 0.3) is 0 Å². The van der Waals surface area contributed by atoms with Crippen molar-refractivity contribution < 1.29 is 13.2 Å². The topological polar surface area (TPSA) is 12.0 Å². The standard InChI is InChI=1S/C16H24F3NS/c1-3-5-6-9-13(4-2)21-12-20-15-11-8-7-10-14(15)16(17,18)19/h7-8,10-11,13,20H,3-6,9,12H2,1-2H3/t13-/m1/s1. The maximum Gasteiger partial charge on any atom is 0.418 e. The third kappa shape index (κ3) is 6.64. The molecule has 0 bridgehead atoms. The Kier molecular flexibility index (Phi) is 8.01. The maximum absolute atomic E-state index is 12.9. The second-order valence-electron chi connectivity index (χ2n) is 5.06. The van der Waals surface area contributed by atoms with E-state index in [0.717, 1.165) is 18.9 Å². The van der Waals surface area contributed by atoms with Crippen LogP contribution in [0.1, 0.15) is 51.5 Å². The Hall–Kier alpha value is -0.840. The molecule has 0 spiro atoms. The lowest BCUT2D eigenvalue weighted by molar-refractivity contribution is -0.136. The van der Waals surface area contributed by atoms with Crippen LogP contribution in [-0.2, 0) is 6.18 Å². The molecule has 0 radical (unpaired) electrons. The molecule has 0 saturated carbocycles. The van der Waals surface area contributed by atoms with E-state index in [1.54, 1.807) is 17.8 Å². The van der Waals surface area contributed by atoms with Crippen molar-refractivity contribution in [2.24, 2.45) is 0 Å². The van der Waals surface area contributed by atoms with Gasteiger partial charge in [0.15, 0.2) is 0 Å². The third-order valence-corrected chi connectivity index (χ3v) is 4.75. The van der Waals surface area contributed by atoms with Gasteiger partial charge in [0, 0.05) is 10.9 Å². The summed E-state index contributed by atoms with van der Waals surface area (Å²) in [5.74, 6) is 0.512. The smallest absolute Gasteiger partial charge is 0.376 e. The predicted molar refractivity (Wildman–Crippen MR) is 85.7 cm³/mol. The molecule has 1 atom stereocenters. The van der Waals surface area contributed by atoms with E-state index in [-0.39, 0.29) is 5.69 Å². The molecule has 1 aromatic rings. The zero-order valence-electron chi connectivity index (χ0n) is 12.7. The van der Waals surface area contributed by atoms with Crippen molar-refractivity contribution in [2.75, 3.05) is 11.2 Å². The number of thioether (sulfide) groups is 1. The molecular weight excluding hydrogens is 295 g/mol. The van der Waals surface area contributed by atoms with Crippen LogP contribution < -0.4 is 5.32 Å². The SMILES string of the molecule is CCCCC[C@@H](CC)SCNc1ccccc1C(F)(F)F. The van der Waals surface area contributed by atoms with Crippen molar-refractivity contribution in [3.8, 4) is 0 Å². The Bertz CT molecular complexity index is 407. The second-order valence-corrected chi connectivity index (χ2v) is 6.35. The highest BCUT2D eigenvalue weighted by molar-refractivity contribution is 7.99. The monoisotopic (exact) mass is 319 g/mol. The molecule has 0 saturated heterocycles. The van der Waals surface area contributed by atoms with E-state index in [2.05, 4.69) is 19.2 Å². The van der Waals surface area contributed by atoms with Gasteiger partial charge < -0.3 is 5.32 Å². The van der Waals surface area contributed by atoms with Crippen LogP contribution in [-0.4, -0.2) is 11.1 Å². The molecule has 21 heavy (non-hydrogen) atoms. The number of para-hydroxylation sites is 1. The lowest BCUT2D eigenvalue weighted by Crippen LogP contribution is -2.12. The summed E-state index contributed by atoms with van der Waals surface area (Å²) in [6.07, 6.45) is 1.50. The van der Waals surface area contributed by atoms with Crippen LogP contribution in [0.15, 0.2) is 24.3 Å². The maximum atomic E-state index is 12.9. The van der Waals surface area contributed by atoms with Gasteiger partial charge in [0.2, 0.25) is 0 Å². The third-order valence-electron chi connectivity index (χ3n) is 3.40. The molecule has 0 fully saturated rings. The van der Waals surface area contributed by atoms with E-state index in [4.69, 9.17) is 0 Å². The zero-order valence-corrected chi connectivity index (χ0v) is 13.5. The van der Waals surface area contributed by atoms with Crippen LogP contribution in [0.4, 0.5) is 18.9 Å². The molecule has 0 aliphatic heterocycles. The number of nitrogens with one attached hydrogen (secondary N) is 1. The number of alkyl halides is 3. The van der Waals surface area contributed by atoms with Crippen molar-refractivity contribution in [3.05, 3.63) is 29.8 Å². The predicted octanol–water partition coefficient (Wildman–Crippen LogP) is 6.17. The molecule has 0 aromatic heterocycles. The van der Waals surface area contributed by atoms with Crippen molar-refractivity contribution >= 4 is 17.4 Å². The molecule has 120 valence electrons. The van der Waals surface area contributed by atoms with Gasteiger partial charge in [-0.25, -0.2) is 0 Å². The average Bonchev–Trinajstić information content (AvgIpc) is 2.45. The first-order valence-corrected chi connectivity index (χ1v) is 8.55. The first-order chi connectivity index (χ1) is 9.99. The van der Waals surface area contributed by atoms with Gasteiger partial charge in [-0.2, -0.15) is 13.2 Å². The van der Waals surface area contributed by atoms with E-state index in [0.29, 0.717) is 11.1 Å². The molecule has 1 aromatic carbocycles. The minimum absolute atomic E-state index is 0.168. The fraction of sp³-hybridized carbons (Fsp3) is 0.625. The first-order valence-electron chi connectivity index (χ1n) is 7.50. The molecular formula is C16H24F3NS. The first kappa shape index (κ1) is 18.2. The fourth-order valence-electron chi connectivity index (χ4n) is 2.15. The number of halogens is 3. The van der Waals surface area contributed by atoms with Crippen LogP contribution >= 0.6 is 11.8 Å². The summed E-state index contributed by atoms with van der Waals surface area (Å²) in [5.41, 5.74) is -0.425. The van der Waals surface area contributed by atoms with Crippen LogP contribution in [0.3, 0.4) is 0 Å². The number of rotatable bonds is 9. The Morgan fingerprint density at radius 3 is 2.48 bits per heavy atom. The Labute approximate surface area is 129 Å². The highest BCUT2D eigenvalue weighted by Crippen LogP contribution is 2.35. The quantitative estimate of drug-likeness (QED) is 0.431. The molecule has 1 nitrogen and oxygen atoms in total. The van der Waals surface area contributed by atoms with E-state index < -0.39 is 11.7 Å². The normalized spacial score (nSPS) is 13.2. The Morgan fingerprint density at radius 1 is 1.14 bits per heavy atom. The molecule has 0 aliphatic carbocycles. The van der Waals surface area contributed by atoms with Crippen LogP contribution in [0, 0.1) is 0 Å². The van der Waals surface area contributed by atoms with Crippen molar-refractivity contribution in [1.29, 1.82) is 0 Å². The van der Waals surface area contributed by atoms with Gasteiger partial charge in [-0.3, -0.25) is 0 Å². The minimum atomic E-state index is -4.31. The summed E-state index contributed by atoms with van der Waals surface area (Å²) in [6, 6.07) is 5.65. The number of hydrogen-bond acceptors (Lipinski definition) is 2. The fourth-order valence-corrected chi connectivity index (χ4v) is 3.19. The zero-order chi connectivity index (χ0) is 15.7. The van der Waals surface area contributed by atoms with Gasteiger partial charge in [-0.05, 0) is 25.0 Å². The van der Waals surface area contributed by atoms with E-state index >= 15 is 0 Å². The van der Waals surface area contributed by atoms with Crippen LogP contribution in [0.25, 0.3) is 0 Å². The molecule has 1 N–H and O–H groups in total. The van der Waals surface area contributed by atoms with E-state index in [9.17, 15) is 13.2 Å². The largest absolute Gasteiger partial charge is 0.418 e. The summed E-state index contributed by atoms with van der Waals surface area (Å²) in [5, 5.41) is 3.43. The molecule has 0 unspecified atom stereocenters. The van der Waals surface area contributed by atoms with E-state index in [1.165, 1.54) is 31.4 Å². The van der Waals surface area contributed by atoms with Crippen LogP contribution in [0.2, 0.25) is 0 Å². The molecule has 5 heteroatoms. The second kappa shape index (κ2) is 9.23. The van der Waals surface area contributed by atoms with E-state index in [1.807, 2.05) is 0 Å². The van der Waals surface area contributed by atoms with Gasteiger partial charge in [-0.15, -0.1) is 11.8 Å². The highest BCUT2D eigenvalue weighted by atomic mass is 32.2. The van der Waals surface area contributed by atoms with Gasteiger partial charge in [0.05, 0.1) is 11.4 Å². The number of benzene rings is 1. The molecule has 0 heterocycles. The van der Waals surface area contributed by atoms with Gasteiger partial charge >= 0.3 is 6.18 Å². The Morgan fingerprint density at radius 2 is 1.86 bits per heavy atom. The van der Waals surface area contributed by atoms with Gasteiger partial charge in [-0.1, -0.05) is 45.2 Å². The molecule has 0 aliphatic rings. The minimum Gasteiger partial charge on any atom is -0.376 e. The average molecular weight is 319 g/mol. The summed E-state index contributed by atoms with van der Waals surface area (Å²) < 4.78 is 38.6. The highest BCUT2D eigenvalue weighted by Gasteiger charge is 2.33. The van der Waals surface area contributed by atoms with Crippen molar-refractivity contribution in [2.45, 2.75) is 57.4 Å². The van der Waals surface area contributed by atoms with Crippen molar-refractivity contribution in [1.82, 2.24) is 0 Å². The lowest BCUT2D eigenvalue weighted by atomic mass is 10.1. The van der Waals surface area contributed by atoms with Gasteiger partial charge in [0.1, 0.15) is 0 Å². The Balaban J connectivity index is 2.48. The summed E-state index contributed by atoms with van der Waals surface area (Å²) in [4.78, 5) is 0. The summed E-state index contributed by atoms with van der Waals surface area (Å²) in [6.45, 7) is 4.30. The number of anilines is 1. The lowest BCUT2D eigenvalue weighted by Gasteiger charge is -2.17. The number of unbranched alkanes of at least 4 members (excludes halogenated alkanes) is 2. The molecule has 1 rings (SSSR count). The molecule has 0 amide bonds. The summed E-state index contributed by atoms with van der Waals surface area (Å²) >= 11 is 1.71.